The molecule has 1 fully saturated rings. The van der Waals surface area contributed by atoms with Crippen molar-refractivity contribution in [1.29, 1.82) is 0 Å². The average molecular weight is 264 g/mol. The van der Waals surface area contributed by atoms with Crippen LogP contribution < -0.4 is 10.6 Å². The number of amides is 2. The molecule has 102 valence electrons. The van der Waals surface area contributed by atoms with Crippen LogP contribution in [0.2, 0.25) is 0 Å². The maximum absolute atomic E-state index is 12.9. The van der Waals surface area contributed by atoms with Crippen molar-refractivity contribution in [3.8, 4) is 0 Å². The molecule has 1 saturated heterocycles. The third kappa shape index (κ3) is 3.38. The predicted octanol–water partition coefficient (Wildman–Crippen LogP) is 1.67. The van der Waals surface area contributed by atoms with E-state index in [1.165, 1.54) is 12.1 Å². The third-order valence-electron chi connectivity index (χ3n) is 3.32. The van der Waals surface area contributed by atoms with Crippen LogP contribution in [0.5, 0.6) is 0 Å². The van der Waals surface area contributed by atoms with Gasteiger partial charge in [0.05, 0.1) is 6.04 Å². The van der Waals surface area contributed by atoms with Crippen molar-refractivity contribution in [2.45, 2.75) is 38.3 Å². The van der Waals surface area contributed by atoms with Gasteiger partial charge in [0.1, 0.15) is 5.82 Å². The molecular formula is C14H17FN2O2. The van der Waals surface area contributed by atoms with Gasteiger partial charge in [-0.2, -0.15) is 0 Å². The highest BCUT2D eigenvalue weighted by atomic mass is 19.1. The highest BCUT2D eigenvalue weighted by Gasteiger charge is 2.28. The van der Waals surface area contributed by atoms with Crippen LogP contribution in [0, 0.1) is 5.82 Å². The second-order valence-corrected chi connectivity index (χ2v) is 4.68. The number of benzene rings is 1. The largest absolute Gasteiger partial charge is 0.299 e. The monoisotopic (exact) mass is 264 g/mol. The fourth-order valence-electron chi connectivity index (χ4n) is 2.24. The Balaban J connectivity index is 2.05. The van der Waals surface area contributed by atoms with Gasteiger partial charge in [0.2, 0.25) is 11.8 Å². The van der Waals surface area contributed by atoms with Crippen molar-refractivity contribution in [2.75, 3.05) is 0 Å². The van der Waals surface area contributed by atoms with Crippen molar-refractivity contribution in [1.82, 2.24) is 10.6 Å². The van der Waals surface area contributed by atoms with E-state index in [4.69, 9.17) is 0 Å². The van der Waals surface area contributed by atoms with E-state index in [9.17, 15) is 14.0 Å². The zero-order valence-corrected chi connectivity index (χ0v) is 10.8. The summed E-state index contributed by atoms with van der Waals surface area (Å²) in [7, 11) is 0. The lowest BCUT2D eigenvalue weighted by atomic mass is 10.00. The number of rotatable bonds is 4. The topological polar surface area (TPSA) is 58.2 Å². The zero-order valence-electron chi connectivity index (χ0n) is 10.8. The van der Waals surface area contributed by atoms with Crippen LogP contribution in [0.25, 0.3) is 0 Å². The van der Waals surface area contributed by atoms with Gasteiger partial charge in [-0.05, 0) is 30.5 Å². The van der Waals surface area contributed by atoms with Crippen LogP contribution in [0.4, 0.5) is 4.39 Å². The molecule has 2 unspecified atom stereocenters. The normalized spacial score (nSPS) is 21.1. The van der Waals surface area contributed by atoms with Crippen LogP contribution in [-0.2, 0) is 9.59 Å². The van der Waals surface area contributed by atoms with E-state index in [1.807, 2.05) is 6.92 Å². The van der Waals surface area contributed by atoms with Crippen LogP contribution in [0.15, 0.2) is 24.3 Å². The predicted molar refractivity (Wildman–Crippen MR) is 68.7 cm³/mol. The van der Waals surface area contributed by atoms with E-state index in [0.29, 0.717) is 12.8 Å². The Hall–Kier alpha value is -1.75. The number of hydrogen-bond acceptors (Lipinski definition) is 3. The van der Waals surface area contributed by atoms with Crippen molar-refractivity contribution in [3.05, 3.63) is 35.6 Å². The molecule has 1 aromatic carbocycles. The number of carbonyl (C=O) groups excluding carboxylic acids is 2. The Bertz CT molecular complexity index is 473. The number of nitrogens with one attached hydrogen (secondary N) is 2. The molecule has 0 aliphatic carbocycles. The molecule has 0 spiro atoms. The molecule has 4 nitrogen and oxygen atoms in total. The summed E-state index contributed by atoms with van der Waals surface area (Å²) in [5.74, 6) is -0.783. The molecular weight excluding hydrogens is 247 g/mol. The molecule has 0 saturated carbocycles. The van der Waals surface area contributed by atoms with E-state index in [0.717, 1.165) is 12.0 Å². The van der Waals surface area contributed by atoms with Crippen LogP contribution in [0.1, 0.15) is 37.8 Å². The second-order valence-electron chi connectivity index (χ2n) is 4.68. The molecule has 1 aliphatic heterocycles. The van der Waals surface area contributed by atoms with Gasteiger partial charge >= 0.3 is 0 Å². The molecule has 2 N–H and O–H groups in total. The summed E-state index contributed by atoms with van der Waals surface area (Å²) < 4.78 is 12.9. The van der Waals surface area contributed by atoms with Crippen molar-refractivity contribution < 1.29 is 14.0 Å². The van der Waals surface area contributed by atoms with Crippen LogP contribution in [-0.4, -0.2) is 17.9 Å². The van der Waals surface area contributed by atoms with Gasteiger partial charge in [0, 0.05) is 12.5 Å². The molecule has 2 rings (SSSR count). The lowest BCUT2D eigenvalue weighted by molar-refractivity contribution is -0.134. The highest BCUT2D eigenvalue weighted by Crippen LogP contribution is 2.19. The Morgan fingerprint density at radius 2 is 2.05 bits per heavy atom. The molecule has 0 aromatic heterocycles. The standard InChI is InChI=1S/C14H17FN2O2/c1-2-11(9-3-5-10(15)6-4-9)16-12-7-8-13(18)17-14(12)19/h3-6,11-12,16H,2,7-8H2,1H3,(H,17,18,19). The fraction of sp³-hybridized carbons (Fsp3) is 0.429. The smallest absolute Gasteiger partial charge is 0.243 e. The molecule has 0 radical (unpaired) electrons. The van der Waals surface area contributed by atoms with E-state index < -0.39 is 0 Å². The number of halogens is 1. The Kier molecular flexibility index (Phi) is 4.27. The molecule has 1 aliphatic rings. The first kappa shape index (κ1) is 13.7. The highest BCUT2D eigenvalue weighted by molar-refractivity contribution is 6.00. The lowest BCUT2D eigenvalue weighted by Gasteiger charge is -2.27. The van der Waals surface area contributed by atoms with Crippen LogP contribution in [0.3, 0.4) is 0 Å². The van der Waals surface area contributed by atoms with Crippen LogP contribution >= 0.6 is 0 Å². The Morgan fingerprint density at radius 1 is 1.37 bits per heavy atom. The van der Waals surface area contributed by atoms with Gasteiger partial charge in [-0.3, -0.25) is 20.2 Å². The molecule has 19 heavy (non-hydrogen) atoms. The van der Waals surface area contributed by atoms with Gasteiger partial charge in [0.15, 0.2) is 0 Å². The number of imide groups is 1. The van der Waals surface area contributed by atoms with Gasteiger partial charge < -0.3 is 0 Å². The Morgan fingerprint density at radius 3 is 2.63 bits per heavy atom. The fourth-order valence-corrected chi connectivity index (χ4v) is 2.24. The van der Waals surface area contributed by atoms with Gasteiger partial charge in [-0.25, -0.2) is 4.39 Å². The first-order chi connectivity index (χ1) is 9.10. The van der Waals surface area contributed by atoms with Crippen molar-refractivity contribution in [2.24, 2.45) is 0 Å². The second kappa shape index (κ2) is 5.93. The quantitative estimate of drug-likeness (QED) is 0.813. The molecule has 2 atom stereocenters. The maximum Gasteiger partial charge on any atom is 0.243 e. The molecule has 1 heterocycles. The van der Waals surface area contributed by atoms with E-state index >= 15 is 0 Å². The summed E-state index contributed by atoms with van der Waals surface area (Å²) in [6.07, 6.45) is 1.63. The van der Waals surface area contributed by atoms with Gasteiger partial charge in [-0.1, -0.05) is 19.1 Å². The van der Waals surface area contributed by atoms with Crippen molar-refractivity contribution in [3.63, 3.8) is 0 Å². The first-order valence-electron chi connectivity index (χ1n) is 6.45. The minimum Gasteiger partial charge on any atom is -0.299 e. The summed E-state index contributed by atoms with van der Waals surface area (Å²) in [6.45, 7) is 1.99. The number of carbonyl (C=O) groups is 2. The minimum absolute atomic E-state index is 0.0236. The maximum atomic E-state index is 12.9. The molecule has 5 heteroatoms. The lowest BCUT2D eigenvalue weighted by Crippen LogP contribution is -2.51. The van der Waals surface area contributed by atoms with Gasteiger partial charge in [-0.15, -0.1) is 0 Å². The van der Waals surface area contributed by atoms with E-state index in [2.05, 4.69) is 10.6 Å². The van der Waals surface area contributed by atoms with Crippen molar-refractivity contribution >= 4 is 11.8 Å². The summed E-state index contributed by atoms with van der Waals surface area (Å²) in [6, 6.07) is 5.84. The summed E-state index contributed by atoms with van der Waals surface area (Å²) in [5.41, 5.74) is 0.939. The third-order valence-corrected chi connectivity index (χ3v) is 3.32. The summed E-state index contributed by atoms with van der Waals surface area (Å²) in [4.78, 5) is 22.8. The van der Waals surface area contributed by atoms with E-state index in [1.54, 1.807) is 12.1 Å². The summed E-state index contributed by atoms with van der Waals surface area (Å²) in [5, 5.41) is 5.54. The molecule has 1 aromatic rings. The average Bonchev–Trinajstić information content (AvgIpc) is 2.39. The number of piperidine rings is 1. The number of hydrogen-bond donors (Lipinski definition) is 2. The minimum atomic E-state index is -0.368. The molecule has 0 bridgehead atoms. The first-order valence-corrected chi connectivity index (χ1v) is 6.45. The van der Waals surface area contributed by atoms with E-state index in [-0.39, 0.29) is 29.7 Å². The SMILES string of the molecule is CCC(NC1CCC(=O)NC1=O)c1ccc(F)cc1. The zero-order chi connectivity index (χ0) is 13.8. The summed E-state index contributed by atoms with van der Waals surface area (Å²) >= 11 is 0. The van der Waals surface area contributed by atoms with Gasteiger partial charge in [0.25, 0.3) is 0 Å². The molecule has 2 amide bonds. The Labute approximate surface area is 111 Å².